The first-order chi connectivity index (χ1) is 28.3. The van der Waals surface area contributed by atoms with Crippen LogP contribution in [0.15, 0.2) is 127 Å². The second kappa shape index (κ2) is 13.9. The van der Waals surface area contributed by atoms with Gasteiger partial charge >= 0.3 is 0 Å². The zero-order valence-electron chi connectivity index (χ0n) is 33.7. The van der Waals surface area contributed by atoms with Crippen LogP contribution < -0.4 is 15.5 Å². The van der Waals surface area contributed by atoms with Gasteiger partial charge in [-0.15, -0.1) is 0 Å². The van der Waals surface area contributed by atoms with E-state index in [1.165, 1.54) is 9.80 Å². The Hall–Kier alpha value is -7.38. The Morgan fingerprint density at radius 1 is 0.322 bits per heavy atom. The van der Waals surface area contributed by atoms with Crippen molar-refractivity contribution in [3.05, 3.63) is 183 Å². The number of carbonyl (C=O) groups excluding carboxylic acids is 4. The van der Waals surface area contributed by atoms with Crippen molar-refractivity contribution in [1.82, 2.24) is 0 Å². The Morgan fingerprint density at radius 3 is 1.10 bits per heavy atom. The summed E-state index contributed by atoms with van der Waals surface area (Å²) in [6.45, 7) is 11.8. The predicted octanol–water partition coefficient (Wildman–Crippen LogP) is 11.4. The molecule has 7 heteroatoms. The summed E-state index contributed by atoms with van der Waals surface area (Å²) in [5.41, 5.74) is 22.4. The molecule has 288 valence electrons. The SMILES string of the molecule is Cc1ccc(-c2ccc3c(c2)C(=O)N(c2c(C)cc(-c4ccc(-c5cc(C)c(N6C(=O)c7ccc(-c8ccc(N)cc8)cc7C6=O)c(C)c5)cc4C)cc2C)C3=O)cc1. The number of carbonyl (C=O) groups is 4. The highest BCUT2D eigenvalue weighted by molar-refractivity contribution is 6.36. The molecule has 7 aromatic carbocycles. The van der Waals surface area contributed by atoms with Gasteiger partial charge in [-0.25, -0.2) is 9.80 Å². The lowest BCUT2D eigenvalue weighted by Gasteiger charge is -2.22. The maximum Gasteiger partial charge on any atom is 0.266 e. The highest BCUT2D eigenvalue weighted by Gasteiger charge is 2.40. The van der Waals surface area contributed by atoms with Crippen LogP contribution in [0.1, 0.15) is 74.8 Å². The predicted molar refractivity (Wildman–Crippen MR) is 236 cm³/mol. The molecular formula is C52H41N3O4. The number of anilines is 3. The molecule has 7 aromatic rings. The normalized spacial score (nSPS) is 13.4. The third kappa shape index (κ3) is 6.14. The molecular weight excluding hydrogens is 731 g/mol. The van der Waals surface area contributed by atoms with E-state index in [4.69, 9.17) is 5.73 Å². The van der Waals surface area contributed by atoms with Gasteiger partial charge in [0.15, 0.2) is 0 Å². The molecule has 0 saturated carbocycles. The molecule has 2 aliphatic heterocycles. The molecule has 2 aliphatic rings. The minimum Gasteiger partial charge on any atom is -0.399 e. The average molecular weight is 772 g/mol. The quantitative estimate of drug-likeness (QED) is 0.134. The first-order valence-electron chi connectivity index (χ1n) is 19.6. The van der Waals surface area contributed by atoms with E-state index in [9.17, 15) is 19.2 Å². The third-order valence-corrected chi connectivity index (χ3v) is 11.7. The van der Waals surface area contributed by atoms with Crippen LogP contribution in [0.2, 0.25) is 0 Å². The summed E-state index contributed by atoms with van der Waals surface area (Å²) in [7, 11) is 0. The van der Waals surface area contributed by atoms with E-state index in [-0.39, 0.29) is 23.6 Å². The monoisotopic (exact) mass is 771 g/mol. The molecule has 59 heavy (non-hydrogen) atoms. The summed E-state index contributed by atoms with van der Waals surface area (Å²) in [5.74, 6) is -1.31. The van der Waals surface area contributed by atoms with Crippen molar-refractivity contribution in [1.29, 1.82) is 0 Å². The van der Waals surface area contributed by atoms with E-state index in [1.807, 2.05) is 126 Å². The summed E-state index contributed by atoms with van der Waals surface area (Å²) in [6, 6.07) is 40.8. The van der Waals surface area contributed by atoms with Crippen molar-refractivity contribution in [2.24, 2.45) is 0 Å². The van der Waals surface area contributed by atoms with Crippen molar-refractivity contribution in [2.75, 3.05) is 15.5 Å². The fraction of sp³-hybridized carbons (Fsp3) is 0.115. The molecule has 0 fully saturated rings. The van der Waals surface area contributed by atoms with Gasteiger partial charge in [-0.3, -0.25) is 19.2 Å². The zero-order valence-corrected chi connectivity index (χ0v) is 33.7. The minimum atomic E-state index is -0.340. The van der Waals surface area contributed by atoms with Gasteiger partial charge in [-0.2, -0.15) is 0 Å². The van der Waals surface area contributed by atoms with Gasteiger partial charge < -0.3 is 5.73 Å². The van der Waals surface area contributed by atoms with Gasteiger partial charge in [0.2, 0.25) is 0 Å². The van der Waals surface area contributed by atoms with Gasteiger partial charge in [-0.05, 0) is 175 Å². The van der Waals surface area contributed by atoms with E-state index in [0.717, 1.165) is 77.9 Å². The third-order valence-electron chi connectivity index (χ3n) is 11.7. The number of rotatable bonds is 6. The molecule has 2 N–H and O–H groups in total. The Kier molecular flexibility index (Phi) is 8.78. The van der Waals surface area contributed by atoms with Crippen LogP contribution in [-0.2, 0) is 0 Å². The second-order valence-electron chi connectivity index (χ2n) is 15.8. The molecule has 4 amide bonds. The topological polar surface area (TPSA) is 101 Å². The molecule has 0 spiro atoms. The van der Waals surface area contributed by atoms with Gasteiger partial charge in [0.05, 0.1) is 33.6 Å². The Labute approximate surface area is 343 Å². The molecule has 9 rings (SSSR count). The van der Waals surface area contributed by atoms with E-state index < -0.39 is 0 Å². The molecule has 7 nitrogen and oxygen atoms in total. The molecule has 2 heterocycles. The van der Waals surface area contributed by atoms with E-state index in [0.29, 0.717) is 39.3 Å². The van der Waals surface area contributed by atoms with Crippen molar-refractivity contribution in [3.63, 3.8) is 0 Å². The number of hydrogen-bond acceptors (Lipinski definition) is 5. The first kappa shape index (κ1) is 37.2. The van der Waals surface area contributed by atoms with Crippen molar-refractivity contribution >= 4 is 40.7 Å². The van der Waals surface area contributed by atoms with Gasteiger partial charge in [0.1, 0.15) is 0 Å². The molecule has 0 bridgehead atoms. The van der Waals surface area contributed by atoms with Gasteiger partial charge in [0.25, 0.3) is 23.6 Å². The van der Waals surface area contributed by atoms with Crippen molar-refractivity contribution in [3.8, 4) is 44.5 Å². The Balaban J connectivity index is 0.977. The maximum absolute atomic E-state index is 13.9. The minimum absolute atomic E-state index is 0.317. The highest BCUT2D eigenvalue weighted by Crippen LogP contribution is 2.41. The number of imide groups is 2. The van der Waals surface area contributed by atoms with Crippen LogP contribution in [-0.4, -0.2) is 23.6 Å². The summed E-state index contributed by atoms with van der Waals surface area (Å²) in [6.07, 6.45) is 0. The smallest absolute Gasteiger partial charge is 0.266 e. The lowest BCUT2D eigenvalue weighted by atomic mass is 9.91. The molecule has 0 aromatic heterocycles. The Morgan fingerprint density at radius 2 is 0.661 bits per heavy atom. The number of fused-ring (bicyclic) bond motifs is 2. The van der Waals surface area contributed by atoms with Crippen LogP contribution in [0.5, 0.6) is 0 Å². The maximum atomic E-state index is 13.9. The first-order valence-corrected chi connectivity index (χ1v) is 19.6. The van der Waals surface area contributed by atoms with Gasteiger partial charge in [-0.1, -0.05) is 72.3 Å². The average Bonchev–Trinajstić information content (AvgIpc) is 3.60. The number of amides is 4. The van der Waals surface area contributed by atoms with Crippen LogP contribution in [0, 0.1) is 41.5 Å². The van der Waals surface area contributed by atoms with Crippen LogP contribution >= 0.6 is 0 Å². The van der Waals surface area contributed by atoms with E-state index >= 15 is 0 Å². The van der Waals surface area contributed by atoms with Gasteiger partial charge in [0, 0.05) is 5.69 Å². The molecule has 0 radical (unpaired) electrons. The highest BCUT2D eigenvalue weighted by atomic mass is 16.2. The number of aryl methyl sites for hydroxylation is 6. The number of hydrogen-bond donors (Lipinski definition) is 1. The largest absolute Gasteiger partial charge is 0.399 e. The molecule has 0 aliphatic carbocycles. The number of benzene rings is 7. The van der Waals surface area contributed by atoms with Crippen LogP contribution in [0.4, 0.5) is 17.1 Å². The molecule has 0 saturated heterocycles. The fourth-order valence-corrected chi connectivity index (χ4v) is 8.78. The second-order valence-corrected chi connectivity index (χ2v) is 15.8. The number of nitrogens with zero attached hydrogens (tertiary/aromatic N) is 2. The van der Waals surface area contributed by atoms with E-state index in [1.54, 1.807) is 18.2 Å². The summed E-state index contributed by atoms with van der Waals surface area (Å²) >= 11 is 0. The van der Waals surface area contributed by atoms with Crippen molar-refractivity contribution in [2.45, 2.75) is 41.5 Å². The fourth-order valence-electron chi connectivity index (χ4n) is 8.78. The summed E-state index contributed by atoms with van der Waals surface area (Å²) < 4.78 is 0. The Bertz CT molecular complexity index is 2930. The summed E-state index contributed by atoms with van der Waals surface area (Å²) in [4.78, 5) is 57.9. The van der Waals surface area contributed by atoms with E-state index in [2.05, 4.69) is 25.1 Å². The zero-order chi connectivity index (χ0) is 41.4. The van der Waals surface area contributed by atoms with Crippen molar-refractivity contribution < 1.29 is 19.2 Å². The summed E-state index contributed by atoms with van der Waals surface area (Å²) in [5, 5.41) is 0. The van der Waals surface area contributed by atoms with Crippen LogP contribution in [0.3, 0.4) is 0 Å². The molecule has 0 unspecified atom stereocenters. The lowest BCUT2D eigenvalue weighted by Crippen LogP contribution is -2.30. The van der Waals surface area contributed by atoms with Crippen LogP contribution in [0.25, 0.3) is 44.5 Å². The number of nitrogen functional groups attached to an aromatic ring is 1. The lowest BCUT2D eigenvalue weighted by molar-refractivity contribution is 0.0910. The number of nitrogens with two attached hydrogens (primary N) is 1. The standard InChI is InChI=1S/C52H41N3O4/c1-28-7-9-34(10-8-28)37-14-19-43-45(26-37)52(59)55(50(43)57)48-32(5)24-40(25-33(48)6)42-18-13-36(21-29(42)2)39-22-30(3)47(31(4)23-39)54-49(56)44-20-15-38(27-46(44)51(54)58)35-11-16-41(53)17-12-35/h7-27H,53H2,1-6H3. The molecule has 0 atom stereocenters.